The van der Waals surface area contributed by atoms with Crippen LogP contribution in [0, 0.1) is 0 Å². The van der Waals surface area contributed by atoms with E-state index in [1.54, 1.807) is 13.8 Å². The van der Waals surface area contributed by atoms with Crippen LogP contribution in [0.5, 0.6) is 0 Å². The zero-order valence-electron chi connectivity index (χ0n) is 24.0. The zero-order chi connectivity index (χ0) is 30.3. The van der Waals surface area contributed by atoms with Gasteiger partial charge in [0.15, 0.2) is 0 Å². The van der Waals surface area contributed by atoms with E-state index in [1.165, 1.54) is 39.9 Å². The first kappa shape index (κ1) is 31.4. The first-order valence-electron chi connectivity index (χ1n) is 14.0. The predicted molar refractivity (Wildman–Crippen MR) is 162 cm³/mol. The van der Waals surface area contributed by atoms with Crippen LogP contribution in [-0.4, -0.2) is 61.8 Å². The third-order valence-corrected chi connectivity index (χ3v) is 10.00. The fourth-order valence-electron chi connectivity index (χ4n) is 4.87. The van der Waals surface area contributed by atoms with E-state index in [2.05, 4.69) is 22.5 Å². The molecule has 42 heavy (non-hydrogen) atoms. The minimum absolute atomic E-state index is 0.0777. The number of anilines is 1. The SMILES string of the molecule is CCCN1CCc2c(sc(NC(=O)c3ccc(S(=O)(=O)N(CC)Cc4ccccc4)cc3)c2C(=O)NC(=O)OCC)C1. The minimum atomic E-state index is -3.79. The van der Waals surface area contributed by atoms with Gasteiger partial charge in [0.1, 0.15) is 5.00 Å². The second kappa shape index (κ2) is 14.1. The van der Waals surface area contributed by atoms with E-state index in [-0.39, 0.29) is 35.7 Å². The number of alkyl carbamates (subject to hydrolysis) is 1. The van der Waals surface area contributed by atoms with E-state index < -0.39 is 27.9 Å². The fraction of sp³-hybridized carbons (Fsp3) is 0.367. The van der Waals surface area contributed by atoms with Gasteiger partial charge in [0, 0.05) is 36.6 Å². The Hall–Kier alpha value is -3.58. The van der Waals surface area contributed by atoms with E-state index in [9.17, 15) is 22.8 Å². The molecule has 0 fully saturated rings. The van der Waals surface area contributed by atoms with Crippen LogP contribution in [0.1, 0.15) is 63.9 Å². The molecule has 12 heteroatoms. The molecule has 224 valence electrons. The Labute approximate surface area is 250 Å². The number of rotatable bonds is 11. The zero-order valence-corrected chi connectivity index (χ0v) is 25.6. The number of carbonyl (C=O) groups is 3. The fourth-order valence-corrected chi connectivity index (χ4v) is 7.59. The molecule has 2 N–H and O–H groups in total. The number of carbonyl (C=O) groups excluding carboxylic acids is 3. The largest absolute Gasteiger partial charge is 0.450 e. The molecular formula is C30H36N4O6S2. The molecule has 0 unspecified atom stereocenters. The molecule has 1 aliphatic rings. The second-order valence-electron chi connectivity index (χ2n) is 9.80. The maximum Gasteiger partial charge on any atom is 0.414 e. The van der Waals surface area contributed by atoms with Gasteiger partial charge in [0.05, 0.1) is 17.1 Å². The van der Waals surface area contributed by atoms with Crippen molar-refractivity contribution in [2.24, 2.45) is 0 Å². The van der Waals surface area contributed by atoms with Gasteiger partial charge in [0.2, 0.25) is 10.0 Å². The highest BCUT2D eigenvalue weighted by Gasteiger charge is 2.30. The van der Waals surface area contributed by atoms with Crippen LogP contribution in [0.4, 0.5) is 9.80 Å². The summed E-state index contributed by atoms with van der Waals surface area (Å²) < 4.78 is 32.9. The smallest absolute Gasteiger partial charge is 0.414 e. The molecule has 3 amide bonds. The molecule has 0 saturated carbocycles. The summed E-state index contributed by atoms with van der Waals surface area (Å²) in [5.74, 6) is -1.13. The molecule has 1 aliphatic heterocycles. The van der Waals surface area contributed by atoms with E-state index in [0.717, 1.165) is 35.5 Å². The van der Waals surface area contributed by atoms with Gasteiger partial charge in [-0.1, -0.05) is 44.2 Å². The number of sulfonamides is 1. The summed E-state index contributed by atoms with van der Waals surface area (Å²) in [6.07, 6.45) is 0.749. The number of benzene rings is 2. The lowest BCUT2D eigenvalue weighted by Gasteiger charge is -2.26. The Morgan fingerprint density at radius 1 is 1.00 bits per heavy atom. The van der Waals surface area contributed by atoms with Crippen LogP contribution < -0.4 is 10.6 Å². The van der Waals surface area contributed by atoms with Gasteiger partial charge < -0.3 is 10.1 Å². The van der Waals surface area contributed by atoms with Crippen LogP contribution in [0.15, 0.2) is 59.5 Å². The Morgan fingerprint density at radius 2 is 1.71 bits per heavy atom. The highest BCUT2D eigenvalue weighted by molar-refractivity contribution is 7.89. The van der Waals surface area contributed by atoms with Gasteiger partial charge in [-0.25, -0.2) is 13.2 Å². The molecule has 3 aromatic rings. The van der Waals surface area contributed by atoms with E-state index in [0.29, 0.717) is 18.0 Å². The van der Waals surface area contributed by atoms with Gasteiger partial charge in [-0.05, 0) is 61.7 Å². The van der Waals surface area contributed by atoms with Gasteiger partial charge in [-0.3, -0.25) is 19.8 Å². The molecule has 4 rings (SSSR count). The first-order valence-corrected chi connectivity index (χ1v) is 16.2. The molecule has 0 radical (unpaired) electrons. The molecule has 1 aromatic heterocycles. The number of fused-ring (bicyclic) bond motifs is 1. The Morgan fingerprint density at radius 3 is 2.36 bits per heavy atom. The quantitative estimate of drug-likeness (QED) is 0.317. The summed E-state index contributed by atoms with van der Waals surface area (Å²) in [5, 5.41) is 5.42. The molecule has 10 nitrogen and oxygen atoms in total. The van der Waals surface area contributed by atoms with Crippen molar-refractivity contribution in [3.8, 4) is 0 Å². The molecule has 2 heterocycles. The number of nitrogens with zero attached hydrogens (tertiary/aromatic N) is 2. The maximum absolute atomic E-state index is 13.3. The first-order chi connectivity index (χ1) is 20.2. The summed E-state index contributed by atoms with van der Waals surface area (Å²) in [6, 6.07) is 15.1. The number of nitrogens with one attached hydrogen (secondary N) is 2. The van der Waals surface area contributed by atoms with Crippen molar-refractivity contribution in [3.63, 3.8) is 0 Å². The summed E-state index contributed by atoms with van der Waals surface area (Å²) in [5.41, 5.74) is 2.17. The average Bonchev–Trinajstić information content (AvgIpc) is 3.33. The summed E-state index contributed by atoms with van der Waals surface area (Å²) in [6.45, 7) is 8.49. The predicted octanol–water partition coefficient (Wildman–Crippen LogP) is 4.87. The number of hydrogen-bond acceptors (Lipinski definition) is 8. The number of ether oxygens (including phenoxy) is 1. The summed E-state index contributed by atoms with van der Waals surface area (Å²) >= 11 is 1.31. The van der Waals surface area contributed by atoms with Crippen LogP contribution in [-0.2, 0) is 34.3 Å². The lowest BCUT2D eigenvalue weighted by Crippen LogP contribution is -2.34. The number of hydrogen-bond donors (Lipinski definition) is 2. The Kier molecular flexibility index (Phi) is 10.5. The molecule has 0 bridgehead atoms. The van der Waals surface area contributed by atoms with E-state index >= 15 is 0 Å². The molecular weight excluding hydrogens is 576 g/mol. The Balaban J connectivity index is 1.55. The van der Waals surface area contributed by atoms with Crippen LogP contribution in [0.3, 0.4) is 0 Å². The van der Waals surface area contributed by atoms with Crippen molar-refractivity contribution in [3.05, 3.63) is 81.7 Å². The van der Waals surface area contributed by atoms with E-state index in [4.69, 9.17) is 4.74 Å². The Bertz CT molecular complexity index is 1520. The number of amides is 3. The second-order valence-corrected chi connectivity index (χ2v) is 12.8. The summed E-state index contributed by atoms with van der Waals surface area (Å²) in [4.78, 5) is 41.7. The molecule has 0 spiro atoms. The number of imide groups is 1. The standard InChI is InChI=1S/C30H36N4O6S2/c1-4-17-33-18-16-24-25(20-33)41-29(26(24)28(36)32-30(37)40-6-3)31-27(35)22-12-14-23(15-13-22)42(38,39)34(5-2)19-21-10-8-7-9-11-21/h7-15H,4-6,16-20H2,1-3H3,(H,31,35)(H,32,36,37). The third kappa shape index (κ3) is 7.24. The van der Waals surface area contributed by atoms with E-state index in [1.807, 2.05) is 30.3 Å². The third-order valence-electron chi connectivity index (χ3n) is 6.93. The minimum Gasteiger partial charge on any atom is -0.450 e. The topological polar surface area (TPSA) is 125 Å². The highest BCUT2D eigenvalue weighted by atomic mass is 32.2. The van der Waals surface area contributed by atoms with Crippen molar-refractivity contribution < 1.29 is 27.5 Å². The molecule has 0 saturated heterocycles. The van der Waals surface area contributed by atoms with Crippen molar-refractivity contribution in [2.45, 2.75) is 51.6 Å². The van der Waals surface area contributed by atoms with Crippen molar-refractivity contribution in [1.29, 1.82) is 0 Å². The monoisotopic (exact) mass is 612 g/mol. The highest BCUT2D eigenvalue weighted by Crippen LogP contribution is 2.37. The molecule has 2 aromatic carbocycles. The normalized spacial score (nSPS) is 13.4. The maximum atomic E-state index is 13.3. The van der Waals surface area contributed by atoms with Crippen LogP contribution in [0.25, 0.3) is 0 Å². The average molecular weight is 613 g/mol. The van der Waals surface area contributed by atoms with Gasteiger partial charge in [-0.2, -0.15) is 4.31 Å². The van der Waals surface area contributed by atoms with Crippen LogP contribution in [0.2, 0.25) is 0 Å². The lowest BCUT2D eigenvalue weighted by atomic mass is 10.0. The lowest BCUT2D eigenvalue weighted by molar-refractivity contribution is 0.0924. The van der Waals surface area contributed by atoms with Crippen molar-refractivity contribution in [2.75, 3.05) is 31.6 Å². The van der Waals surface area contributed by atoms with Crippen molar-refractivity contribution in [1.82, 2.24) is 14.5 Å². The summed E-state index contributed by atoms with van der Waals surface area (Å²) in [7, 11) is -3.79. The van der Waals surface area contributed by atoms with Gasteiger partial charge in [-0.15, -0.1) is 11.3 Å². The number of thiophene rings is 1. The van der Waals surface area contributed by atoms with Gasteiger partial charge in [0.25, 0.3) is 11.8 Å². The van der Waals surface area contributed by atoms with Gasteiger partial charge >= 0.3 is 6.09 Å². The molecule has 0 aliphatic carbocycles. The van der Waals surface area contributed by atoms with Crippen LogP contribution >= 0.6 is 11.3 Å². The van der Waals surface area contributed by atoms with Crippen molar-refractivity contribution >= 4 is 44.3 Å². The molecule has 0 atom stereocenters.